The number of aromatic nitrogens is 2. The molecule has 0 unspecified atom stereocenters. The van der Waals surface area contributed by atoms with Gasteiger partial charge in [-0.05, 0) is 0 Å². The number of ether oxygens (including phenoxy) is 4. The van der Waals surface area contributed by atoms with Gasteiger partial charge in [-0.1, -0.05) is 0 Å². The van der Waals surface area contributed by atoms with E-state index in [9.17, 15) is 0 Å². The summed E-state index contributed by atoms with van der Waals surface area (Å²) in [4.78, 5) is 9.62. The second kappa shape index (κ2) is 15.3. The average molecular weight is 653 g/mol. The monoisotopic (exact) mass is 654 g/mol. The molecule has 0 spiro atoms. The zero-order valence-electron chi connectivity index (χ0n) is 21.4. The van der Waals surface area contributed by atoms with Gasteiger partial charge in [-0.3, -0.25) is 0 Å². The van der Waals surface area contributed by atoms with Gasteiger partial charge in [-0.15, -0.1) is 0 Å². The van der Waals surface area contributed by atoms with Crippen LogP contribution in [0.1, 0.15) is 12.8 Å². The molecule has 2 aromatic heterocycles. The van der Waals surface area contributed by atoms with Crippen LogP contribution in [0.15, 0.2) is 67.8 Å². The predicted octanol–water partition coefficient (Wildman–Crippen LogP) is 6.40. The predicted molar refractivity (Wildman–Crippen MR) is 150 cm³/mol. The van der Waals surface area contributed by atoms with E-state index < -0.39 is 15.6 Å². The second-order valence-electron chi connectivity index (χ2n) is 8.43. The number of fused-ring (bicyclic) bond motifs is 2. The molecule has 0 atom stereocenters. The van der Waals surface area contributed by atoms with E-state index in [0.717, 1.165) is 54.4 Å². The van der Waals surface area contributed by atoms with Crippen molar-refractivity contribution in [3.8, 4) is 0 Å². The van der Waals surface area contributed by atoms with Gasteiger partial charge in [0, 0.05) is 0 Å². The Balaban J connectivity index is 1.55. The summed E-state index contributed by atoms with van der Waals surface area (Å²) >= 11 is -3.21. The zero-order chi connectivity index (χ0) is 25.8. The van der Waals surface area contributed by atoms with Crippen LogP contribution in [0.25, 0.3) is 22.2 Å². The molecule has 0 aliphatic rings. The van der Waals surface area contributed by atoms with E-state index in [1.54, 1.807) is 14.2 Å². The first kappa shape index (κ1) is 28.7. The summed E-state index contributed by atoms with van der Waals surface area (Å²) in [5.74, 6) is 0. The van der Waals surface area contributed by atoms with Gasteiger partial charge in [0.2, 0.25) is 0 Å². The van der Waals surface area contributed by atoms with Crippen molar-refractivity contribution in [2.24, 2.45) is 0 Å². The minimum absolute atomic E-state index is 0.600. The summed E-state index contributed by atoms with van der Waals surface area (Å²) in [6, 6.07) is 15.8. The molecule has 0 bridgehead atoms. The third-order valence-electron chi connectivity index (χ3n) is 5.65. The molecule has 0 radical (unpaired) electrons. The van der Waals surface area contributed by atoms with Gasteiger partial charge >= 0.3 is 228 Å². The van der Waals surface area contributed by atoms with Crippen LogP contribution in [0.5, 0.6) is 0 Å². The molecule has 0 saturated carbocycles. The van der Waals surface area contributed by atoms with Crippen LogP contribution in [0.3, 0.4) is 0 Å². The molecule has 0 fully saturated rings. The van der Waals surface area contributed by atoms with E-state index in [-0.39, 0.29) is 0 Å². The molecule has 0 amide bonds. The van der Waals surface area contributed by atoms with E-state index in [4.69, 9.17) is 37.7 Å². The van der Waals surface area contributed by atoms with Gasteiger partial charge in [0.25, 0.3) is 0 Å². The molecule has 2 aromatic carbocycles. The first-order valence-electron chi connectivity index (χ1n) is 12.4. The minimum atomic E-state index is -3.21. The Morgan fingerprint density at radius 2 is 1.11 bits per heavy atom. The molecule has 4 aromatic rings. The number of hydrogen-bond acceptors (Lipinski definition) is 10. The van der Waals surface area contributed by atoms with Crippen molar-refractivity contribution in [3.05, 3.63) is 48.5 Å². The van der Waals surface area contributed by atoms with E-state index in [0.29, 0.717) is 39.6 Å². The van der Waals surface area contributed by atoms with Gasteiger partial charge in [-0.25, -0.2) is 0 Å². The Bertz CT molecular complexity index is 1060. The number of hydrogen-bond donors (Lipinski definition) is 0. The normalized spacial score (nSPS) is 12.2. The van der Waals surface area contributed by atoms with Crippen LogP contribution in [0.4, 0.5) is 0 Å². The first-order chi connectivity index (χ1) is 18.2. The van der Waals surface area contributed by atoms with E-state index in [2.05, 4.69) is 0 Å². The van der Waals surface area contributed by atoms with Crippen LogP contribution < -0.4 is 0 Å². The molecule has 11 heteroatoms. The molecule has 0 aliphatic heterocycles. The van der Waals surface area contributed by atoms with E-state index >= 15 is 0 Å². The van der Waals surface area contributed by atoms with Crippen molar-refractivity contribution in [1.82, 2.24) is 9.97 Å². The molecule has 2 heterocycles. The average Bonchev–Trinajstić information content (AvgIpc) is 3.50. The van der Waals surface area contributed by atoms with Crippen LogP contribution >= 0.6 is 17.9 Å². The standard InChI is InChI=1S/2C7H5NOS.2C6H13O2.Sn/c2*10-7-8-5-3-1-2-4-6(5)9-7;2*1-3-4-8-6-5-7-2;/h2*1-4H,(H,8,10);2*1,3-6H2,2H3;/q;;;;+2/p-2. The Morgan fingerprint density at radius 3 is 1.54 bits per heavy atom. The van der Waals surface area contributed by atoms with Gasteiger partial charge in [0.15, 0.2) is 0 Å². The molecule has 37 heavy (non-hydrogen) atoms. The Labute approximate surface area is 226 Å². The fraction of sp³-hybridized carbons (Fsp3) is 0.462. The van der Waals surface area contributed by atoms with Crippen molar-refractivity contribution < 1.29 is 27.8 Å². The Hall–Kier alpha value is -1.28. The summed E-state index contributed by atoms with van der Waals surface area (Å²) in [5.41, 5.74) is 3.37. The van der Waals surface area contributed by atoms with Gasteiger partial charge < -0.3 is 0 Å². The molecular formula is C26H34N2O6S2Sn. The summed E-state index contributed by atoms with van der Waals surface area (Å²) < 4.78 is 36.3. The molecule has 200 valence electrons. The van der Waals surface area contributed by atoms with Crippen molar-refractivity contribution in [1.29, 1.82) is 0 Å². The maximum absolute atomic E-state index is 6.18. The first-order valence-corrected chi connectivity index (χ1v) is 25.1. The van der Waals surface area contributed by atoms with E-state index in [1.165, 1.54) is 0 Å². The van der Waals surface area contributed by atoms with Crippen molar-refractivity contribution in [3.63, 3.8) is 0 Å². The molecule has 0 N–H and O–H groups in total. The third-order valence-corrected chi connectivity index (χ3v) is 31.7. The molecule has 8 nitrogen and oxygen atoms in total. The van der Waals surface area contributed by atoms with Gasteiger partial charge in [-0.2, -0.15) is 0 Å². The fourth-order valence-electron chi connectivity index (χ4n) is 3.83. The van der Waals surface area contributed by atoms with Crippen LogP contribution in [-0.2, 0) is 18.9 Å². The molecule has 4 rings (SSSR count). The number of rotatable bonds is 18. The van der Waals surface area contributed by atoms with Crippen molar-refractivity contribution in [2.75, 3.05) is 53.9 Å². The topological polar surface area (TPSA) is 89.0 Å². The van der Waals surface area contributed by atoms with Crippen LogP contribution in [0, 0.1) is 0 Å². The third kappa shape index (κ3) is 8.87. The number of oxazole rings is 2. The van der Waals surface area contributed by atoms with E-state index in [1.807, 2.05) is 66.4 Å². The van der Waals surface area contributed by atoms with Crippen molar-refractivity contribution >= 4 is 55.7 Å². The second-order valence-corrected chi connectivity index (χ2v) is 33.3. The molecule has 0 saturated heterocycles. The Kier molecular flexibility index (Phi) is 11.9. The Morgan fingerprint density at radius 1 is 0.649 bits per heavy atom. The summed E-state index contributed by atoms with van der Waals surface area (Å²) in [6.45, 7) is 3.78. The maximum atomic E-state index is 6.18. The summed E-state index contributed by atoms with van der Waals surface area (Å²) in [5, 5.41) is 1.45. The zero-order valence-corrected chi connectivity index (χ0v) is 25.8. The summed E-state index contributed by atoms with van der Waals surface area (Å²) in [7, 11) is 7.05. The molecule has 0 aliphatic carbocycles. The molecular weight excluding hydrogens is 619 g/mol. The van der Waals surface area contributed by atoms with Crippen LogP contribution in [0.2, 0.25) is 8.87 Å². The van der Waals surface area contributed by atoms with Gasteiger partial charge in [0.1, 0.15) is 0 Å². The summed E-state index contributed by atoms with van der Waals surface area (Å²) in [6.07, 6.45) is 1.90. The van der Waals surface area contributed by atoms with Crippen molar-refractivity contribution in [2.45, 2.75) is 32.2 Å². The number of para-hydroxylation sites is 4. The number of nitrogens with zero attached hydrogens (tertiary/aromatic N) is 2. The van der Waals surface area contributed by atoms with Gasteiger partial charge in [0.05, 0.1) is 0 Å². The fourth-order valence-corrected chi connectivity index (χ4v) is 28.5. The number of methoxy groups -OCH3 is 2. The van der Waals surface area contributed by atoms with Crippen LogP contribution in [-0.4, -0.2) is 79.4 Å². The number of benzene rings is 2. The SMILES string of the molecule is COCCOCC[CH2][Sn]([CH2]CCOCCOC)([S]c1nc2ccccc2o1)[S]c1nc2ccccc2o1. The quantitative estimate of drug-likeness (QED) is 0.0888.